The Balaban J connectivity index is 1.62. The summed E-state index contributed by atoms with van der Waals surface area (Å²) in [6.45, 7) is 1.63. The number of nitrogens with one attached hydrogen (secondary N) is 1. The second-order valence-corrected chi connectivity index (χ2v) is 6.19. The number of hydrogen-bond donors (Lipinski definition) is 2. The smallest absolute Gasteiger partial charge is 0.354 e. The summed E-state index contributed by atoms with van der Waals surface area (Å²) in [5.41, 5.74) is 1.04. The predicted molar refractivity (Wildman–Crippen MR) is 99.6 cm³/mol. The third-order valence-corrected chi connectivity index (χ3v) is 4.49. The molecule has 2 heterocycles. The highest BCUT2D eigenvalue weighted by atomic mass is 16.5. The van der Waals surface area contributed by atoms with Crippen LogP contribution in [-0.4, -0.2) is 49.4 Å². The molecule has 2 N–H and O–H groups in total. The van der Waals surface area contributed by atoms with E-state index in [1.165, 1.54) is 6.07 Å². The molecule has 138 valence electrons. The summed E-state index contributed by atoms with van der Waals surface area (Å²) >= 11 is 0. The van der Waals surface area contributed by atoms with Crippen LogP contribution in [0.5, 0.6) is 11.5 Å². The van der Waals surface area contributed by atoms with Gasteiger partial charge in [-0.25, -0.2) is 9.78 Å². The Hall–Kier alpha value is -2.96. The van der Waals surface area contributed by atoms with Crippen molar-refractivity contribution in [3.63, 3.8) is 0 Å². The second kappa shape index (κ2) is 7.95. The third-order valence-electron chi connectivity index (χ3n) is 4.49. The number of methoxy groups -OCH3 is 2. The third kappa shape index (κ3) is 4.17. The Kier molecular flexibility index (Phi) is 5.46. The van der Waals surface area contributed by atoms with Gasteiger partial charge in [0, 0.05) is 43.0 Å². The van der Waals surface area contributed by atoms with Crippen LogP contribution < -0.4 is 19.7 Å². The van der Waals surface area contributed by atoms with E-state index in [-0.39, 0.29) is 5.69 Å². The molecule has 0 radical (unpaired) electrons. The van der Waals surface area contributed by atoms with Crippen molar-refractivity contribution in [1.82, 2.24) is 4.98 Å². The Morgan fingerprint density at radius 1 is 1.15 bits per heavy atom. The van der Waals surface area contributed by atoms with E-state index in [4.69, 9.17) is 14.6 Å². The van der Waals surface area contributed by atoms with Gasteiger partial charge in [-0.2, -0.15) is 0 Å². The molecular weight excluding hydrogens is 334 g/mol. The molecule has 0 saturated carbocycles. The van der Waals surface area contributed by atoms with E-state index in [2.05, 4.69) is 15.2 Å². The molecule has 0 unspecified atom stereocenters. The van der Waals surface area contributed by atoms with Crippen LogP contribution in [-0.2, 0) is 0 Å². The number of carbonyl (C=O) groups is 1. The maximum atomic E-state index is 11.1. The van der Waals surface area contributed by atoms with Gasteiger partial charge < -0.3 is 24.8 Å². The van der Waals surface area contributed by atoms with E-state index >= 15 is 0 Å². The molecule has 0 aliphatic carbocycles. The average molecular weight is 357 g/mol. The summed E-state index contributed by atoms with van der Waals surface area (Å²) in [6.07, 6.45) is 1.86. The quantitative estimate of drug-likeness (QED) is 0.822. The fraction of sp³-hybridized carbons (Fsp3) is 0.368. The zero-order valence-corrected chi connectivity index (χ0v) is 14.9. The Morgan fingerprint density at radius 3 is 2.38 bits per heavy atom. The fourth-order valence-corrected chi connectivity index (χ4v) is 3.10. The van der Waals surface area contributed by atoms with Gasteiger partial charge in [0.2, 0.25) is 0 Å². The number of aromatic nitrogens is 1. The van der Waals surface area contributed by atoms with Gasteiger partial charge >= 0.3 is 5.97 Å². The van der Waals surface area contributed by atoms with Gasteiger partial charge in [-0.15, -0.1) is 0 Å². The molecule has 7 nitrogen and oxygen atoms in total. The number of pyridine rings is 1. The molecule has 1 aromatic heterocycles. The van der Waals surface area contributed by atoms with Crippen LogP contribution in [0.1, 0.15) is 23.3 Å². The minimum atomic E-state index is -1.00. The Morgan fingerprint density at radius 2 is 1.81 bits per heavy atom. The van der Waals surface area contributed by atoms with E-state index < -0.39 is 5.97 Å². The van der Waals surface area contributed by atoms with Crippen LogP contribution in [0.15, 0.2) is 36.4 Å². The van der Waals surface area contributed by atoms with Crippen molar-refractivity contribution in [1.29, 1.82) is 0 Å². The lowest BCUT2D eigenvalue weighted by Gasteiger charge is -2.33. The number of benzene rings is 1. The number of hydrogen-bond acceptors (Lipinski definition) is 6. The van der Waals surface area contributed by atoms with Gasteiger partial charge in [-0.1, -0.05) is 6.07 Å². The minimum absolute atomic E-state index is 0.0752. The molecule has 0 amide bonds. The number of ether oxygens (including phenoxy) is 2. The maximum Gasteiger partial charge on any atom is 0.354 e. The molecule has 26 heavy (non-hydrogen) atoms. The maximum absolute atomic E-state index is 11.1. The summed E-state index contributed by atoms with van der Waals surface area (Å²) in [4.78, 5) is 17.4. The molecule has 0 bridgehead atoms. The molecule has 1 saturated heterocycles. The molecule has 3 rings (SSSR count). The first-order valence-electron chi connectivity index (χ1n) is 8.54. The molecule has 1 aliphatic heterocycles. The number of piperidine rings is 1. The number of nitrogens with zero attached hydrogens (tertiary/aromatic N) is 2. The van der Waals surface area contributed by atoms with Crippen LogP contribution in [0, 0.1) is 0 Å². The highest BCUT2D eigenvalue weighted by molar-refractivity contribution is 5.85. The topological polar surface area (TPSA) is 83.9 Å². The zero-order chi connectivity index (χ0) is 18.5. The molecule has 0 spiro atoms. The van der Waals surface area contributed by atoms with Crippen LogP contribution in [0.3, 0.4) is 0 Å². The summed E-state index contributed by atoms with van der Waals surface area (Å²) < 4.78 is 10.6. The van der Waals surface area contributed by atoms with Crippen LogP contribution in [0.2, 0.25) is 0 Å². The van der Waals surface area contributed by atoms with Crippen molar-refractivity contribution < 1.29 is 19.4 Å². The van der Waals surface area contributed by atoms with Crippen molar-refractivity contribution in [2.75, 3.05) is 37.5 Å². The summed E-state index contributed by atoms with van der Waals surface area (Å²) in [5.74, 6) is 1.21. The van der Waals surface area contributed by atoms with Crippen LogP contribution in [0.25, 0.3) is 0 Å². The molecule has 7 heteroatoms. The fourth-order valence-electron chi connectivity index (χ4n) is 3.10. The SMILES string of the molecule is COc1cc(NC2CCN(c3cccc(C(=O)O)n3)CC2)cc(OC)c1. The molecule has 1 fully saturated rings. The normalized spacial score (nSPS) is 14.8. The van der Waals surface area contributed by atoms with E-state index in [0.717, 1.165) is 43.1 Å². The second-order valence-electron chi connectivity index (χ2n) is 6.19. The Bertz CT molecular complexity index is 751. The van der Waals surface area contributed by atoms with E-state index in [1.54, 1.807) is 20.3 Å². The van der Waals surface area contributed by atoms with Crippen molar-refractivity contribution in [2.45, 2.75) is 18.9 Å². The minimum Gasteiger partial charge on any atom is -0.497 e. The van der Waals surface area contributed by atoms with Gasteiger partial charge in [0.25, 0.3) is 0 Å². The van der Waals surface area contributed by atoms with E-state index in [0.29, 0.717) is 11.9 Å². The lowest BCUT2D eigenvalue weighted by atomic mass is 10.0. The van der Waals surface area contributed by atoms with Crippen molar-refractivity contribution in [3.05, 3.63) is 42.1 Å². The average Bonchev–Trinajstić information content (AvgIpc) is 2.68. The molecule has 1 aromatic carbocycles. The molecule has 2 aromatic rings. The van der Waals surface area contributed by atoms with Crippen molar-refractivity contribution >= 4 is 17.5 Å². The first-order chi connectivity index (χ1) is 12.6. The highest BCUT2D eigenvalue weighted by Crippen LogP contribution is 2.28. The first-order valence-corrected chi connectivity index (χ1v) is 8.54. The highest BCUT2D eigenvalue weighted by Gasteiger charge is 2.21. The van der Waals surface area contributed by atoms with Crippen molar-refractivity contribution in [2.24, 2.45) is 0 Å². The number of carboxylic acid groups (broad SMARTS) is 1. The summed E-state index contributed by atoms with van der Waals surface area (Å²) in [6, 6.07) is 11.2. The molecule has 0 atom stereocenters. The van der Waals surface area contributed by atoms with E-state index in [9.17, 15) is 4.79 Å². The largest absolute Gasteiger partial charge is 0.497 e. The molecule has 1 aliphatic rings. The number of aromatic carboxylic acids is 1. The van der Waals surface area contributed by atoms with Crippen molar-refractivity contribution in [3.8, 4) is 11.5 Å². The monoisotopic (exact) mass is 357 g/mol. The Labute approximate surface area is 152 Å². The number of rotatable bonds is 6. The van der Waals surface area contributed by atoms with E-state index in [1.807, 2.05) is 24.3 Å². The van der Waals surface area contributed by atoms with Gasteiger partial charge in [-0.05, 0) is 25.0 Å². The number of anilines is 2. The zero-order valence-electron chi connectivity index (χ0n) is 14.9. The first kappa shape index (κ1) is 17.8. The van der Waals surface area contributed by atoms with Gasteiger partial charge in [0.15, 0.2) is 5.69 Å². The lowest BCUT2D eigenvalue weighted by Crippen LogP contribution is -2.39. The van der Waals surface area contributed by atoms with Crippen LogP contribution in [0.4, 0.5) is 11.5 Å². The number of carboxylic acids is 1. The van der Waals surface area contributed by atoms with Gasteiger partial charge in [0.1, 0.15) is 17.3 Å². The standard InChI is InChI=1S/C19H23N3O4/c1-25-15-10-14(11-16(12-15)26-2)20-13-6-8-22(9-7-13)18-5-3-4-17(21-18)19(23)24/h3-5,10-13,20H,6-9H2,1-2H3,(H,23,24). The summed E-state index contributed by atoms with van der Waals surface area (Å²) in [7, 11) is 3.27. The lowest BCUT2D eigenvalue weighted by molar-refractivity contribution is 0.0690. The van der Waals surface area contributed by atoms with Gasteiger partial charge in [0.05, 0.1) is 14.2 Å². The summed E-state index contributed by atoms with van der Waals surface area (Å²) in [5, 5.41) is 12.6. The van der Waals surface area contributed by atoms with Gasteiger partial charge in [-0.3, -0.25) is 0 Å². The van der Waals surface area contributed by atoms with Crippen LogP contribution >= 0.6 is 0 Å². The predicted octanol–water partition coefficient (Wildman–Crippen LogP) is 2.88. The molecular formula is C19H23N3O4.